The highest BCUT2D eigenvalue weighted by Gasteiger charge is 2.22. The van der Waals surface area contributed by atoms with Crippen LogP contribution in [0, 0.1) is 11.3 Å². The number of rotatable bonds is 4. The highest BCUT2D eigenvalue weighted by molar-refractivity contribution is 8.02. The van der Waals surface area contributed by atoms with E-state index < -0.39 is 0 Å². The van der Waals surface area contributed by atoms with Crippen LogP contribution in [0.3, 0.4) is 0 Å². The van der Waals surface area contributed by atoms with E-state index in [1.165, 1.54) is 40.1 Å². The molecule has 0 bridgehead atoms. The Balaban J connectivity index is 1.22. The molecule has 2 aliphatic heterocycles. The minimum atomic E-state index is 0.721. The number of aromatic nitrogens is 1. The van der Waals surface area contributed by atoms with Crippen molar-refractivity contribution in [3.05, 3.63) is 53.7 Å². The van der Waals surface area contributed by atoms with Crippen LogP contribution >= 0.6 is 12.1 Å². The fourth-order valence-electron chi connectivity index (χ4n) is 4.07. The van der Waals surface area contributed by atoms with Crippen molar-refractivity contribution in [2.75, 3.05) is 47.1 Å². The van der Waals surface area contributed by atoms with Crippen LogP contribution < -0.4 is 14.3 Å². The molecule has 0 radical (unpaired) electrons. The first-order valence-electron chi connectivity index (χ1n) is 9.60. The third kappa shape index (κ3) is 3.15. The van der Waals surface area contributed by atoms with Gasteiger partial charge in [0, 0.05) is 49.8 Å². The van der Waals surface area contributed by atoms with E-state index in [1.54, 1.807) is 0 Å². The Morgan fingerprint density at radius 2 is 1.96 bits per heavy atom. The lowest BCUT2D eigenvalue weighted by atomic mass is 10.1. The Morgan fingerprint density at radius 3 is 2.82 bits per heavy atom. The third-order valence-corrected chi connectivity index (χ3v) is 6.29. The number of piperazine rings is 1. The molecule has 0 unspecified atom stereocenters. The molecule has 2 aromatic carbocycles. The summed E-state index contributed by atoms with van der Waals surface area (Å²) in [5, 5.41) is 10.3. The van der Waals surface area contributed by atoms with Crippen molar-refractivity contribution < 1.29 is 0 Å². The Bertz CT molecular complexity index is 1040. The molecule has 1 fully saturated rings. The van der Waals surface area contributed by atoms with E-state index >= 15 is 0 Å². The van der Waals surface area contributed by atoms with E-state index in [4.69, 9.17) is 5.26 Å². The van der Waals surface area contributed by atoms with Crippen LogP contribution in [0.15, 0.2) is 42.6 Å². The summed E-state index contributed by atoms with van der Waals surface area (Å²) in [5.74, 6) is 0. The molecule has 2 aliphatic rings. The summed E-state index contributed by atoms with van der Waals surface area (Å²) in [6, 6.07) is 14.5. The van der Waals surface area contributed by atoms with Gasteiger partial charge in [-0.1, -0.05) is 6.07 Å². The normalized spacial score (nSPS) is 16.5. The SMILES string of the molecule is N#Cc1ccc2[nH]cc(CCN3CCN(c4cccc5c4NSN5)CC3)c2c1. The van der Waals surface area contributed by atoms with Gasteiger partial charge in [0.2, 0.25) is 0 Å². The van der Waals surface area contributed by atoms with Crippen molar-refractivity contribution in [3.63, 3.8) is 0 Å². The van der Waals surface area contributed by atoms with Crippen LogP contribution in [0.25, 0.3) is 10.9 Å². The molecule has 1 saturated heterocycles. The molecule has 28 heavy (non-hydrogen) atoms. The molecule has 6 nitrogen and oxygen atoms in total. The average Bonchev–Trinajstić information content (AvgIpc) is 3.39. The Hall–Kier alpha value is -2.82. The maximum Gasteiger partial charge on any atom is 0.0991 e. The number of aromatic amines is 1. The first kappa shape index (κ1) is 17.3. The molecule has 0 spiro atoms. The van der Waals surface area contributed by atoms with E-state index in [1.807, 2.05) is 18.2 Å². The predicted molar refractivity (Wildman–Crippen MR) is 117 cm³/mol. The van der Waals surface area contributed by atoms with Gasteiger partial charge in [-0.3, -0.25) is 4.90 Å². The summed E-state index contributed by atoms with van der Waals surface area (Å²) >= 11 is 1.53. The number of anilines is 3. The number of hydrogen-bond acceptors (Lipinski definition) is 6. The third-order valence-electron chi connectivity index (χ3n) is 5.66. The van der Waals surface area contributed by atoms with Crippen molar-refractivity contribution in [2.24, 2.45) is 0 Å². The maximum absolute atomic E-state index is 9.15. The number of H-pyrrole nitrogens is 1. The monoisotopic (exact) mass is 390 g/mol. The number of hydrogen-bond donors (Lipinski definition) is 3. The molecule has 0 aliphatic carbocycles. The van der Waals surface area contributed by atoms with Crippen LogP contribution in [0.4, 0.5) is 17.1 Å². The predicted octanol–water partition coefficient (Wildman–Crippen LogP) is 3.80. The van der Waals surface area contributed by atoms with Crippen LogP contribution in [0.1, 0.15) is 11.1 Å². The smallest absolute Gasteiger partial charge is 0.0991 e. The van der Waals surface area contributed by atoms with Gasteiger partial charge in [-0.2, -0.15) is 5.26 Å². The van der Waals surface area contributed by atoms with E-state index in [0.29, 0.717) is 0 Å². The zero-order chi connectivity index (χ0) is 18.9. The molecule has 7 heteroatoms. The van der Waals surface area contributed by atoms with E-state index in [9.17, 15) is 0 Å². The van der Waals surface area contributed by atoms with Gasteiger partial charge >= 0.3 is 0 Å². The second kappa shape index (κ2) is 7.30. The minimum Gasteiger partial charge on any atom is -0.367 e. The Morgan fingerprint density at radius 1 is 1.07 bits per heavy atom. The number of nitrogens with zero attached hydrogens (tertiary/aromatic N) is 3. The standard InChI is InChI=1S/C21H22N6S/c22-13-15-4-5-18-17(12-15)16(14-23-18)6-7-26-8-10-27(11-9-26)20-3-1-2-19-21(20)25-28-24-19/h1-5,12,14,23-25H,6-11H2. The van der Waals surface area contributed by atoms with Gasteiger partial charge in [0.25, 0.3) is 0 Å². The van der Waals surface area contributed by atoms with Crippen LogP contribution in [-0.2, 0) is 6.42 Å². The number of nitrogens with one attached hydrogen (secondary N) is 3. The Labute approximate surface area is 168 Å². The summed E-state index contributed by atoms with van der Waals surface area (Å²) in [6.45, 7) is 5.25. The maximum atomic E-state index is 9.15. The van der Waals surface area contributed by atoms with Crippen LogP contribution in [0.2, 0.25) is 0 Å². The average molecular weight is 391 g/mol. The molecule has 1 aromatic heterocycles. The lowest BCUT2D eigenvalue weighted by Gasteiger charge is -2.36. The van der Waals surface area contributed by atoms with Gasteiger partial charge in [0.05, 0.1) is 40.8 Å². The largest absolute Gasteiger partial charge is 0.367 e. The van der Waals surface area contributed by atoms with E-state index in [0.717, 1.165) is 50.2 Å². The first-order valence-corrected chi connectivity index (χ1v) is 10.4. The zero-order valence-corrected chi connectivity index (χ0v) is 16.4. The molecule has 0 amide bonds. The Kier molecular flexibility index (Phi) is 4.51. The molecule has 0 saturated carbocycles. The van der Waals surface area contributed by atoms with Crippen LogP contribution in [-0.4, -0.2) is 42.6 Å². The molecule has 3 heterocycles. The van der Waals surface area contributed by atoms with Gasteiger partial charge in [-0.05, 0) is 42.3 Å². The topological polar surface area (TPSA) is 70.1 Å². The highest BCUT2D eigenvalue weighted by Crippen LogP contribution is 2.40. The summed E-state index contributed by atoms with van der Waals surface area (Å²) < 4.78 is 6.66. The quantitative estimate of drug-likeness (QED) is 0.589. The molecular formula is C21H22N6S. The number of para-hydroxylation sites is 1. The number of benzene rings is 2. The van der Waals surface area contributed by atoms with Gasteiger partial charge in [-0.15, -0.1) is 0 Å². The zero-order valence-electron chi connectivity index (χ0n) is 15.5. The summed E-state index contributed by atoms with van der Waals surface area (Å²) in [4.78, 5) is 8.34. The lowest BCUT2D eigenvalue weighted by Crippen LogP contribution is -2.47. The second-order valence-corrected chi connectivity index (χ2v) is 7.88. The lowest BCUT2D eigenvalue weighted by molar-refractivity contribution is 0.261. The summed E-state index contributed by atoms with van der Waals surface area (Å²) in [7, 11) is 0. The van der Waals surface area contributed by atoms with Crippen molar-refractivity contribution in [1.29, 1.82) is 5.26 Å². The number of fused-ring (bicyclic) bond motifs is 2. The minimum absolute atomic E-state index is 0.721. The fourth-order valence-corrected chi connectivity index (χ4v) is 4.72. The van der Waals surface area contributed by atoms with Crippen molar-refractivity contribution >= 4 is 40.1 Å². The molecule has 5 rings (SSSR count). The molecular weight excluding hydrogens is 368 g/mol. The molecule has 3 aromatic rings. The van der Waals surface area contributed by atoms with E-state index in [2.05, 4.69) is 54.7 Å². The van der Waals surface area contributed by atoms with Gasteiger partial charge in [-0.25, -0.2) is 0 Å². The molecule has 142 valence electrons. The summed E-state index contributed by atoms with van der Waals surface area (Å²) in [6.07, 6.45) is 3.09. The highest BCUT2D eigenvalue weighted by atomic mass is 32.2. The summed E-state index contributed by atoms with van der Waals surface area (Å²) in [5.41, 5.74) is 6.78. The number of nitriles is 1. The molecule has 0 atom stereocenters. The van der Waals surface area contributed by atoms with Crippen LogP contribution in [0.5, 0.6) is 0 Å². The van der Waals surface area contributed by atoms with Crippen molar-refractivity contribution in [2.45, 2.75) is 6.42 Å². The second-order valence-electron chi connectivity index (χ2n) is 7.27. The van der Waals surface area contributed by atoms with Gasteiger partial charge < -0.3 is 19.3 Å². The fraction of sp³-hybridized carbons (Fsp3) is 0.286. The molecule has 3 N–H and O–H groups in total. The van der Waals surface area contributed by atoms with Gasteiger partial charge in [0.1, 0.15) is 0 Å². The van der Waals surface area contributed by atoms with Crippen molar-refractivity contribution in [3.8, 4) is 6.07 Å². The van der Waals surface area contributed by atoms with Crippen molar-refractivity contribution in [1.82, 2.24) is 9.88 Å². The van der Waals surface area contributed by atoms with E-state index in [-0.39, 0.29) is 0 Å². The van der Waals surface area contributed by atoms with Gasteiger partial charge in [0.15, 0.2) is 0 Å². The first-order chi connectivity index (χ1) is 13.8.